The van der Waals surface area contributed by atoms with E-state index in [0.29, 0.717) is 0 Å². The number of fused-ring (bicyclic) bond motifs is 1. The van der Waals surface area contributed by atoms with Gasteiger partial charge in [0, 0.05) is 12.1 Å². The average Bonchev–Trinajstić information content (AvgIpc) is 3.31. The van der Waals surface area contributed by atoms with Crippen molar-refractivity contribution in [1.82, 2.24) is 0 Å². The predicted octanol–water partition coefficient (Wildman–Crippen LogP) is 3.65. The van der Waals surface area contributed by atoms with E-state index in [-0.39, 0.29) is 11.4 Å². The molecule has 8 heteroatoms. The number of carbonyl (C=O) groups is 2. The molecule has 3 atom stereocenters. The Hall–Kier alpha value is -4.04. The van der Waals surface area contributed by atoms with Crippen LogP contribution in [0.2, 0.25) is 0 Å². The van der Waals surface area contributed by atoms with Crippen molar-refractivity contribution < 1.29 is 19.3 Å². The predicted molar refractivity (Wildman–Crippen MR) is 112 cm³/mol. The zero-order valence-electron chi connectivity index (χ0n) is 16.2. The van der Waals surface area contributed by atoms with Gasteiger partial charge in [0.2, 0.25) is 5.91 Å². The van der Waals surface area contributed by atoms with Crippen LogP contribution in [0.1, 0.15) is 11.6 Å². The van der Waals surface area contributed by atoms with Gasteiger partial charge in [-0.15, -0.1) is 0 Å². The Morgan fingerprint density at radius 2 is 1.39 bits per heavy atom. The molecule has 0 aliphatic carbocycles. The van der Waals surface area contributed by atoms with E-state index in [2.05, 4.69) is 0 Å². The van der Waals surface area contributed by atoms with Gasteiger partial charge >= 0.3 is 0 Å². The number of para-hydroxylation sites is 1. The first kappa shape index (κ1) is 19.0. The molecule has 0 bridgehead atoms. The Kier molecular flexibility index (Phi) is 4.48. The monoisotopic (exact) mass is 415 g/mol. The third kappa shape index (κ3) is 3.04. The fraction of sp³-hybridized carbons (Fsp3) is 0.130. The van der Waals surface area contributed by atoms with Crippen LogP contribution in [-0.2, 0) is 14.4 Å². The molecule has 3 aromatic carbocycles. The summed E-state index contributed by atoms with van der Waals surface area (Å²) in [6, 6.07) is 23.6. The summed E-state index contributed by atoms with van der Waals surface area (Å²) >= 11 is 0. The molecular formula is C23H17N3O5. The summed E-state index contributed by atoms with van der Waals surface area (Å²) in [4.78, 5) is 44.1. The highest BCUT2D eigenvalue weighted by Crippen LogP contribution is 2.47. The summed E-state index contributed by atoms with van der Waals surface area (Å²) in [5.41, 5.74) is 1.77. The van der Waals surface area contributed by atoms with Crippen molar-refractivity contribution in [3.8, 4) is 0 Å². The Morgan fingerprint density at radius 3 is 2.00 bits per heavy atom. The molecule has 2 saturated heterocycles. The van der Waals surface area contributed by atoms with Gasteiger partial charge in [-0.25, -0.2) is 9.96 Å². The number of benzene rings is 3. The summed E-state index contributed by atoms with van der Waals surface area (Å²) in [6.07, 6.45) is -0.979. The SMILES string of the molecule is O=C1[C@H]2[C@H](ON(c3ccccc3)[C@H]2c2ccccc2)C(=O)N1c1ccc([N+](=O)[O-])cc1. The van der Waals surface area contributed by atoms with E-state index in [0.717, 1.165) is 16.2 Å². The van der Waals surface area contributed by atoms with E-state index < -0.39 is 34.8 Å². The number of hydrogen-bond donors (Lipinski definition) is 0. The van der Waals surface area contributed by atoms with Crippen LogP contribution in [0.3, 0.4) is 0 Å². The second-order valence-corrected chi connectivity index (χ2v) is 7.35. The Morgan fingerprint density at radius 1 is 0.774 bits per heavy atom. The first-order chi connectivity index (χ1) is 15.1. The highest BCUT2D eigenvalue weighted by molar-refractivity contribution is 6.23. The lowest BCUT2D eigenvalue weighted by atomic mass is 9.90. The molecule has 0 aromatic heterocycles. The first-order valence-corrected chi connectivity index (χ1v) is 9.74. The Labute approximate surface area is 177 Å². The van der Waals surface area contributed by atoms with Crippen LogP contribution in [0.5, 0.6) is 0 Å². The van der Waals surface area contributed by atoms with Crippen LogP contribution in [-0.4, -0.2) is 22.8 Å². The molecule has 0 spiro atoms. The minimum atomic E-state index is -0.979. The number of nitrogens with zero attached hydrogens (tertiary/aromatic N) is 3. The quantitative estimate of drug-likeness (QED) is 0.367. The number of rotatable bonds is 4. The summed E-state index contributed by atoms with van der Waals surface area (Å²) in [5.74, 6) is -1.62. The van der Waals surface area contributed by atoms with Crippen LogP contribution in [0.15, 0.2) is 84.9 Å². The molecule has 2 amide bonds. The van der Waals surface area contributed by atoms with Gasteiger partial charge in [0.15, 0.2) is 6.10 Å². The standard InChI is InChI=1S/C23H17N3O5/c27-22-19-20(15-7-3-1-4-8-15)25(17-9-5-2-6-10-17)31-21(19)23(28)24(22)16-11-13-18(14-12-16)26(29)30/h1-14,19-21H/t19-,20+,21+/m1/s1. The average molecular weight is 415 g/mol. The van der Waals surface area contributed by atoms with Gasteiger partial charge in [-0.3, -0.25) is 24.5 Å². The van der Waals surface area contributed by atoms with Crippen molar-refractivity contribution in [1.29, 1.82) is 0 Å². The molecule has 2 heterocycles. The lowest BCUT2D eigenvalue weighted by molar-refractivity contribution is -0.384. The molecule has 0 saturated carbocycles. The van der Waals surface area contributed by atoms with Crippen molar-refractivity contribution in [2.75, 3.05) is 9.96 Å². The highest BCUT2D eigenvalue weighted by Gasteiger charge is 2.60. The number of nitro groups is 1. The summed E-state index contributed by atoms with van der Waals surface area (Å²) in [6.45, 7) is 0. The maximum Gasteiger partial charge on any atom is 0.269 e. The summed E-state index contributed by atoms with van der Waals surface area (Å²) < 4.78 is 0. The molecular weight excluding hydrogens is 398 g/mol. The fourth-order valence-corrected chi connectivity index (χ4v) is 4.18. The second-order valence-electron chi connectivity index (χ2n) is 7.35. The van der Waals surface area contributed by atoms with Crippen molar-refractivity contribution >= 4 is 28.9 Å². The van der Waals surface area contributed by atoms with Crippen molar-refractivity contribution in [2.24, 2.45) is 5.92 Å². The van der Waals surface area contributed by atoms with E-state index in [9.17, 15) is 19.7 Å². The highest BCUT2D eigenvalue weighted by atomic mass is 16.7. The minimum Gasteiger partial charge on any atom is -0.273 e. The van der Waals surface area contributed by atoms with Crippen molar-refractivity contribution in [3.63, 3.8) is 0 Å². The molecule has 2 aliphatic rings. The largest absolute Gasteiger partial charge is 0.273 e. The fourth-order valence-electron chi connectivity index (χ4n) is 4.18. The summed E-state index contributed by atoms with van der Waals surface area (Å²) in [5, 5.41) is 12.6. The van der Waals surface area contributed by atoms with Gasteiger partial charge in [0.1, 0.15) is 5.92 Å². The number of non-ortho nitro benzene ring substituents is 1. The molecule has 0 N–H and O–H groups in total. The van der Waals surface area contributed by atoms with Gasteiger partial charge in [-0.05, 0) is 29.8 Å². The molecule has 8 nitrogen and oxygen atoms in total. The maximum absolute atomic E-state index is 13.4. The molecule has 154 valence electrons. The number of hydrogen-bond acceptors (Lipinski definition) is 6. The smallest absolute Gasteiger partial charge is 0.269 e. The van der Waals surface area contributed by atoms with Crippen LogP contribution in [0, 0.1) is 16.0 Å². The van der Waals surface area contributed by atoms with E-state index in [4.69, 9.17) is 4.84 Å². The molecule has 5 rings (SSSR count). The number of anilines is 2. The van der Waals surface area contributed by atoms with Crippen LogP contribution in [0.25, 0.3) is 0 Å². The third-order valence-corrected chi connectivity index (χ3v) is 5.59. The third-order valence-electron chi connectivity index (χ3n) is 5.59. The lowest BCUT2D eigenvalue weighted by Crippen LogP contribution is -2.37. The van der Waals surface area contributed by atoms with Gasteiger partial charge in [-0.1, -0.05) is 48.5 Å². The molecule has 0 unspecified atom stereocenters. The molecule has 3 aromatic rings. The van der Waals surface area contributed by atoms with E-state index in [1.165, 1.54) is 24.3 Å². The topological polar surface area (TPSA) is 93.0 Å². The minimum absolute atomic E-state index is 0.114. The second kappa shape index (κ2) is 7.33. The first-order valence-electron chi connectivity index (χ1n) is 9.74. The number of imide groups is 1. The molecule has 0 radical (unpaired) electrons. The van der Waals surface area contributed by atoms with Gasteiger partial charge < -0.3 is 0 Å². The molecule has 2 fully saturated rings. The van der Waals surface area contributed by atoms with Crippen molar-refractivity contribution in [3.05, 3.63) is 101 Å². The number of hydroxylamine groups is 1. The van der Waals surface area contributed by atoms with Crippen molar-refractivity contribution in [2.45, 2.75) is 12.1 Å². The number of nitro benzene ring substituents is 1. The van der Waals surface area contributed by atoms with Crippen LogP contribution < -0.4 is 9.96 Å². The Balaban J connectivity index is 1.54. The lowest BCUT2D eigenvalue weighted by Gasteiger charge is -2.28. The summed E-state index contributed by atoms with van der Waals surface area (Å²) in [7, 11) is 0. The van der Waals surface area contributed by atoms with E-state index in [1.54, 1.807) is 5.06 Å². The van der Waals surface area contributed by atoms with Gasteiger partial charge in [-0.2, -0.15) is 0 Å². The Bertz CT molecular complexity index is 1150. The van der Waals surface area contributed by atoms with Gasteiger partial charge in [0.05, 0.1) is 22.3 Å². The van der Waals surface area contributed by atoms with Gasteiger partial charge in [0.25, 0.3) is 11.6 Å². The number of amides is 2. The normalized spacial score (nSPS) is 22.6. The zero-order valence-corrected chi connectivity index (χ0v) is 16.2. The maximum atomic E-state index is 13.4. The molecule has 31 heavy (non-hydrogen) atoms. The molecule has 2 aliphatic heterocycles. The van der Waals surface area contributed by atoms with E-state index >= 15 is 0 Å². The van der Waals surface area contributed by atoms with E-state index in [1.807, 2.05) is 60.7 Å². The van der Waals surface area contributed by atoms with Crippen LogP contribution >= 0.6 is 0 Å². The number of carbonyl (C=O) groups excluding carboxylic acids is 2. The zero-order chi connectivity index (χ0) is 21.5. The van der Waals surface area contributed by atoms with Crippen LogP contribution in [0.4, 0.5) is 17.1 Å².